The van der Waals surface area contributed by atoms with Crippen LogP contribution < -0.4 is 10.6 Å². The van der Waals surface area contributed by atoms with Gasteiger partial charge in [0, 0.05) is 52.2 Å². The monoisotopic (exact) mass is 284 g/mol. The van der Waals surface area contributed by atoms with Crippen LogP contribution in [0.4, 0.5) is 0 Å². The lowest BCUT2D eigenvalue weighted by atomic mass is 10.1. The molecule has 1 amide bonds. The highest BCUT2D eigenvalue weighted by Crippen LogP contribution is 2.13. The molecule has 116 valence electrons. The Morgan fingerprint density at radius 1 is 1.40 bits per heavy atom. The zero-order valence-electron chi connectivity index (χ0n) is 13.1. The van der Waals surface area contributed by atoms with E-state index in [-0.39, 0.29) is 11.8 Å². The molecule has 1 aliphatic heterocycles. The molecule has 0 aromatic rings. The highest BCUT2D eigenvalue weighted by Gasteiger charge is 2.18. The lowest BCUT2D eigenvalue weighted by Crippen LogP contribution is -2.44. The van der Waals surface area contributed by atoms with Crippen molar-refractivity contribution in [2.24, 2.45) is 16.8 Å². The molecule has 0 aliphatic carbocycles. The van der Waals surface area contributed by atoms with Crippen molar-refractivity contribution in [2.75, 3.05) is 46.9 Å². The minimum atomic E-state index is 0.0272. The standard InChI is InChI=1S/C14H28N4O2/c1-11(2)13(19)16-6-7-17-14(15-3)18(4)9-12-5-8-20-10-12/h11-12H,5-10H2,1-4H3,(H,15,17)(H,16,19). The van der Waals surface area contributed by atoms with E-state index in [1.807, 2.05) is 20.9 Å². The van der Waals surface area contributed by atoms with E-state index in [9.17, 15) is 4.79 Å². The fraction of sp³-hybridized carbons (Fsp3) is 0.857. The summed E-state index contributed by atoms with van der Waals surface area (Å²) in [5, 5.41) is 6.14. The van der Waals surface area contributed by atoms with Gasteiger partial charge in [0.1, 0.15) is 0 Å². The topological polar surface area (TPSA) is 66.0 Å². The van der Waals surface area contributed by atoms with Crippen molar-refractivity contribution in [1.82, 2.24) is 15.5 Å². The number of rotatable bonds is 6. The van der Waals surface area contributed by atoms with Crippen LogP contribution in [0, 0.1) is 11.8 Å². The Hall–Kier alpha value is -1.30. The maximum atomic E-state index is 11.4. The van der Waals surface area contributed by atoms with Gasteiger partial charge in [-0.15, -0.1) is 0 Å². The summed E-state index contributed by atoms with van der Waals surface area (Å²) in [6.45, 7) is 7.71. The van der Waals surface area contributed by atoms with Crippen LogP contribution in [0.5, 0.6) is 0 Å². The van der Waals surface area contributed by atoms with Crippen LogP contribution in [0.25, 0.3) is 0 Å². The van der Waals surface area contributed by atoms with Gasteiger partial charge in [-0.25, -0.2) is 0 Å². The molecule has 6 heteroatoms. The van der Waals surface area contributed by atoms with Crippen molar-refractivity contribution >= 4 is 11.9 Å². The first kappa shape index (κ1) is 16.8. The van der Waals surface area contributed by atoms with Gasteiger partial charge >= 0.3 is 0 Å². The predicted molar refractivity (Wildman–Crippen MR) is 80.8 cm³/mol. The number of ether oxygens (including phenoxy) is 1. The third-order valence-corrected chi connectivity index (χ3v) is 3.36. The number of hydrogen-bond donors (Lipinski definition) is 2. The molecule has 20 heavy (non-hydrogen) atoms. The van der Waals surface area contributed by atoms with E-state index in [0.29, 0.717) is 19.0 Å². The summed E-state index contributed by atoms with van der Waals surface area (Å²) in [5.41, 5.74) is 0. The van der Waals surface area contributed by atoms with Crippen LogP contribution in [0.2, 0.25) is 0 Å². The quantitative estimate of drug-likeness (QED) is 0.418. The number of carbonyl (C=O) groups is 1. The summed E-state index contributed by atoms with van der Waals surface area (Å²) in [6, 6.07) is 0. The van der Waals surface area contributed by atoms with Gasteiger partial charge in [0.15, 0.2) is 5.96 Å². The first-order chi connectivity index (χ1) is 9.54. The normalized spacial score (nSPS) is 19.2. The van der Waals surface area contributed by atoms with E-state index in [4.69, 9.17) is 4.74 Å². The van der Waals surface area contributed by atoms with Gasteiger partial charge in [-0.2, -0.15) is 0 Å². The molecule has 1 fully saturated rings. The lowest BCUT2D eigenvalue weighted by Gasteiger charge is -2.24. The molecule has 0 spiro atoms. The smallest absolute Gasteiger partial charge is 0.222 e. The first-order valence-corrected chi connectivity index (χ1v) is 7.31. The summed E-state index contributed by atoms with van der Waals surface area (Å²) in [6.07, 6.45) is 1.12. The first-order valence-electron chi connectivity index (χ1n) is 7.31. The molecule has 0 aromatic carbocycles. The minimum absolute atomic E-state index is 0.0272. The average molecular weight is 284 g/mol. The van der Waals surface area contributed by atoms with E-state index in [1.165, 1.54) is 0 Å². The van der Waals surface area contributed by atoms with Gasteiger partial charge in [-0.05, 0) is 6.42 Å². The number of aliphatic imine (C=N–C) groups is 1. The van der Waals surface area contributed by atoms with Crippen LogP contribution in [-0.4, -0.2) is 63.7 Å². The van der Waals surface area contributed by atoms with Crippen molar-refractivity contribution < 1.29 is 9.53 Å². The summed E-state index contributed by atoms with van der Waals surface area (Å²) >= 11 is 0. The molecule has 1 atom stereocenters. The van der Waals surface area contributed by atoms with E-state index in [2.05, 4.69) is 20.5 Å². The van der Waals surface area contributed by atoms with Crippen LogP contribution in [-0.2, 0) is 9.53 Å². The maximum Gasteiger partial charge on any atom is 0.222 e. The predicted octanol–water partition coefficient (Wildman–Crippen LogP) is 0.302. The molecule has 6 nitrogen and oxygen atoms in total. The van der Waals surface area contributed by atoms with Gasteiger partial charge in [0.05, 0.1) is 6.61 Å². The molecule has 1 rings (SSSR count). The Kier molecular flexibility index (Phi) is 7.36. The van der Waals surface area contributed by atoms with Crippen molar-refractivity contribution in [2.45, 2.75) is 20.3 Å². The minimum Gasteiger partial charge on any atom is -0.381 e. The Bertz CT molecular complexity index is 325. The number of nitrogens with zero attached hydrogens (tertiary/aromatic N) is 2. The highest BCUT2D eigenvalue weighted by molar-refractivity contribution is 5.80. The number of hydrogen-bond acceptors (Lipinski definition) is 3. The van der Waals surface area contributed by atoms with Crippen LogP contribution in [0.3, 0.4) is 0 Å². The van der Waals surface area contributed by atoms with E-state index in [1.54, 1.807) is 7.05 Å². The average Bonchev–Trinajstić information content (AvgIpc) is 2.91. The molecule has 0 aromatic heterocycles. The number of guanidine groups is 1. The Balaban J connectivity index is 2.23. The second kappa shape index (κ2) is 8.79. The Morgan fingerprint density at radius 2 is 2.10 bits per heavy atom. The van der Waals surface area contributed by atoms with Gasteiger partial charge in [0.25, 0.3) is 0 Å². The van der Waals surface area contributed by atoms with E-state index < -0.39 is 0 Å². The highest BCUT2D eigenvalue weighted by atomic mass is 16.5. The third-order valence-electron chi connectivity index (χ3n) is 3.36. The van der Waals surface area contributed by atoms with Crippen molar-refractivity contribution in [3.8, 4) is 0 Å². The summed E-state index contributed by atoms with van der Waals surface area (Å²) in [7, 11) is 3.80. The zero-order valence-corrected chi connectivity index (χ0v) is 13.1. The van der Waals surface area contributed by atoms with Gasteiger partial charge in [-0.3, -0.25) is 9.79 Å². The molecule has 0 bridgehead atoms. The van der Waals surface area contributed by atoms with Crippen LogP contribution in [0.15, 0.2) is 4.99 Å². The lowest BCUT2D eigenvalue weighted by molar-refractivity contribution is -0.123. The van der Waals surface area contributed by atoms with Gasteiger partial charge in [0.2, 0.25) is 5.91 Å². The van der Waals surface area contributed by atoms with E-state index >= 15 is 0 Å². The van der Waals surface area contributed by atoms with Gasteiger partial charge in [-0.1, -0.05) is 13.8 Å². The molecular weight excluding hydrogens is 256 g/mol. The van der Waals surface area contributed by atoms with Crippen molar-refractivity contribution in [3.05, 3.63) is 0 Å². The molecule has 1 saturated heterocycles. The number of nitrogens with one attached hydrogen (secondary N) is 2. The molecular formula is C14H28N4O2. The summed E-state index contributed by atoms with van der Waals surface area (Å²) < 4.78 is 5.38. The second-order valence-corrected chi connectivity index (χ2v) is 5.53. The molecule has 0 radical (unpaired) electrons. The SMILES string of the molecule is CN=C(NCCNC(=O)C(C)C)N(C)CC1CCOC1. The van der Waals surface area contributed by atoms with Crippen molar-refractivity contribution in [3.63, 3.8) is 0 Å². The van der Waals surface area contributed by atoms with Crippen molar-refractivity contribution in [1.29, 1.82) is 0 Å². The maximum absolute atomic E-state index is 11.4. The zero-order chi connectivity index (χ0) is 15.0. The molecule has 1 aliphatic rings. The summed E-state index contributed by atoms with van der Waals surface area (Å²) in [4.78, 5) is 17.8. The van der Waals surface area contributed by atoms with Crippen LogP contribution >= 0.6 is 0 Å². The third kappa shape index (κ3) is 5.77. The Labute approximate surface area is 122 Å². The van der Waals surface area contributed by atoms with E-state index in [0.717, 1.165) is 32.1 Å². The molecule has 1 heterocycles. The van der Waals surface area contributed by atoms with Gasteiger partial charge < -0.3 is 20.3 Å². The Morgan fingerprint density at radius 3 is 2.65 bits per heavy atom. The molecule has 2 N–H and O–H groups in total. The second-order valence-electron chi connectivity index (χ2n) is 5.53. The largest absolute Gasteiger partial charge is 0.381 e. The fourth-order valence-corrected chi connectivity index (χ4v) is 2.15. The number of amides is 1. The summed E-state index contributed by atoms with van der Waals surface area (Å²) in [5.74, 6) is 1.55. The van der Waals surface area contributed by atoms with Crippen LogP contribution in [0.1, 0.15) is 20.3 Å². The molecule has 1 unspecified atom stereocenters. The fourth-order valence-electron chi connectivity index (χ4n) is 2.15. The number of carbonyl (C=O) groups excluding carboxylic acids is 1. The molecule has 0 saturated carbocycles.